The molecule has 0 bridgehead atoms. The van der Waals surface area contributed by atoms with E-state index in [2.05, 4.69) is 25.1 Å². The van der Waals surface area contributed by atoms with Gasteiger partial charge in [0, 0.05) is 23.6 Å². The number of allylic oxidation sites excluding steroid dienone is 1. The molecule has 3 saturated carbocycles. The lowest BCUT2D eigenvalue weighted by atomic mass is 9.49. The summed E-state index contributed by atoms with van der Waals surface area (Å²) in [5.74, 6) is 5.88. The molecular formula is C28H39ClO3. The van der Waals surface area contributed by atoms with Gasteiger partial charge in [-0.3, -0.25) is 9.59 Å². The zero-order valence-corrected chi connectivity index (χ0v) is 20.6. The van der Waals surface area contributed by atoms with Gasteiger partial charge in [0.1, 0.15) is 0 Å². The Morgan fingerprint density at radius 3 is 2.69 bits per heavy atom. The zero-order valence-electron chi connectivity index (χ0n) is 19.9. The standard InChI is InChI=1S/C28H39ClO3/c1-3-5-6-7-8-26(31)32-28(17-18-29)16-14-25-24-11-9-20-19-21(30)10-12-22(20)23(24)13-15-27(25,28)4-2/h19,22-25H,3-16H2,1-2H3/t22-,23+,24+,25-,27-,28+/m0/s1. The fraction of sp³-hybridized carbons (Fsp3) is 0.786. The van der Waals surface area contributed by atoms with Crippen LogP contribution < -0.4 is 0 Å². The summed E-state index contributed by atoms with van der Waals surface area (Å²) >= 11 is 6.00. The van der Waals surface area contributed by atoms with Crippen LogP contribution in [-0.4, -0.2) is 17.4 Å². The van der Waals surface area contributed by atoms with E-state index in [4.69, 9.17) is 16.3 Å². The Kier molecular flexibility index (Phi) is 7.40. The fourth-order valence-corrected chi connectivity index (χ4v) is 8.26. The number of halogens is 1. The van der Waals surface area contributed by atoms with Crippen molar-refractivity contribution in [3.63, 3.8) is 0 Å². The van der Waals surface area contributed by atoms with Gasteiger partial charge in [-0.05, 0) is 105 Å². The second kappa shape index (κ2) is 9.92. The van der Waals surface area contributed by atoms with Crippen LogP contribution in [-0.2, 0) is 14.3 Å². The predicted molar refractivity (Wildman–Crippen MR) is 128 cm³/mol. The van der Waals surface area contributed by atoms with Crippen molar-refractivity contribution in [2.75, 3.05) is 0 Å². The molecule has 3 fully saturated rings. The minimum atomic E-state index is -0.736. The molecule has 0 amide bonds. The van der Waals surface area contributed by atoms with Crippen LogP contribution in [0.1, 0.15) is 104 Å². The topological polar surface area (TPSA) is 43.4 Å². The molecule has 6 atom stereocenters. The lowest BCUT2D eigenvalue weighted by molar-refractivity contribution is -0.173. The third-order valence-corrected chi connectivity index (χ3v) is 9.62. The number of carbonyl (C=O) groups excluding carboxylic acids is 2. The summed E-state index contributed by atoms with van der Waals surface area (Å²) in [6.45, 7) is 4.43. The highest BCUT2D eigenvalue weighted by Gasteiger charge is 2.65. The first kappa shape index (κ1) is 23.9. The van der Waals surface area contributed by atoms with Crippen LogP contribution in [0, 0.1) is 40.4 Å². The summed E-state index contributed by atoms with van der Waals surface area (Å²) in [5, 5.41) is 2.64. The third-order valence-electron chi connectivity index (χ3n) is 9.52. The maximum absolute atomic E-state index is 12.9. The number of ketones is 1. The molecule has 0 aromatic carbocycles. The second-order valence-corrected chi connectivity index (χ2v) is 10.9. The Bertz CT molecular complexity index is 820. The van der Waals surface area contributed by atoms with Crippen LogP contribution in [0.25, 0.3) is 0 Å². The van der Waals surface area contributed by atoms with Crippen LogP contribution in [0.2, 0.25) is 0 Å². The van der Waals surface area contributed by atoms with Gasteiger partial charge in [-0.15, -0.1) is 0 Å². The number of rotatable bonds is 7. The summed E-state index contributed by atoms with van der Waals surface area (Å²) in [4.78, 5) is 24.9. The largest absolute Gasteiger partial charge is 0.445 e. The molecular weight excluding hydrogens is 420 g/mol. The molecule has 4 aliphatic rings. The van der Waals surface area contributed by atoms with E-state index in [-0.39, 0.29) is 11.4 Å². The number of fused-ring (bicyclic) bond motifs is 5. The van der Waals surface area contributed by atoms with E-state index in [9.17, 15) is 9.59 Å². The lowest BCUT2D eigenvalue weighted by Gasteiger charge is -2.56. The van der Waals surface area contributed by atoms with E-state index in [0.717, 1.165) is 77.0 Å². The molecule has 0 aromatic rings. The number of unbranched alkanes of at least 4 members (excludes halogenated alkanes) is 3. The molecule has 0 aromatic heterocycles. The van der Waals surface area contributed by atoms with Crippen LogP contribution in [0.3, 0.4) is 0 Å². The zero-order chi connectivity index (χ0) is 22.8. The van der Waals surface area contributed by atoms with Crippen molar-refractivity contribution >= 4 is 23.4 Å². The van der Waals surface area contributed by atoms with Crippen LogP contribution in [0.5, 0.6) is 0 Å². The monoisotopic (exact) mass is 458 g/mol. The number of hydrogen-bond donors (Lipinski definition) is 0. The first-order chi connectivity index (χ1) is 15.5. The van der Waals surface area contributed by atoms with Crippen LogP contribution in [0.15, 0.2) is 11.6 Å². The third kappa shape index (κ3) is 4.06. The van der Waals surface area contributed by atoms with Gasteiger partial charge >= 0.3 is 5.97 Å². The van der Waals surface area contributed by atoms with Gasteiger partial charge in [0.2, 0.25) is 0 Å². The molecule has 4 rings (SSSR count). The molecule has 0 spiro atoms. The van der Waals surface area contributed by atoms with E-state index in [1.165, 1.54) is 5.57 Å². The van der Waals surface area contributed by atoms with Gasteiger partial charge in [-0.25, -0.2) is 0 Å². The van der Waals surface area contributed by atoms with E-state index < -0.39 is 5.60 Å². The van der Waals surface area contributed by atoms with Crippen molar-refractivity contribution < 1.29 is 14.3 Å². The number of carbonyl (C=O) groups is 2. The van der Waals surface area contributed by atoms with Crippen molar-refractivity contribution in [1.82, 2.24) is 0 Å². The Hall–Kier alpha value is -1.27. The second-order valence-electron chi connectivity index (χ2n) is 10.7. The summed E-state index contributed by atoms with van der Waals surface area (Å²) < 4.78 is 6.33. The van der Waals surface area contributed by atoms with Crippen molar-refractivity contribution in [3.8, 4) is 11.3 Å². The molecule has 0 radical (unpaired) electrons. The quantitative estimate of drug-likeness (QED) is 0.235. The first-order valence-electron chi connectivity index (χ1n) is 13.1. The predicted octanol–water partition coefficient (Wildman–Crippen LogP) is 6.97. The molecule has 0 aliphatic heterocycles. The Morgan fingerprint density at radius 1 is 1.09 bits per heavy atom. The number of hydrogen-bond acceptors (Lipinski definition) is 3. The average molecular weight is 459 g/mol. The lowest BCUT2D eigenvalue weighted by Crippen LogP contribution is -2.55. The van der Waals surface area contributed by atoms with Crippen molar-refractivity contribution in [3.05, 3.63) is 11.6 Å². The minimum absolute atomic E-state index is 0.0964. The van der Waals surface area contributed by atoms with Crippen molar-refractivity contribution in [2.45, 2.75) is 109 Å². The minimum Gasteiger partial charge on any atom is -0.445 e. The van der Waals surface area contributed by atoms with Crippen LogP contribution >= 0.6 is 11.6 Å². The molecule has 0 unspecified atom stereocenters. The molecule has 0 heterocycles. The van der Waals surface area contributed by atoms with E-state index in [0.29, 0.717) is 42.3 Å². The van der Waals surface area contributed by atoms with Gasteiger partial charge in [-0.2, -0.15) is 0 Å². The van der Waals surface area contributed by atoms with Gasteiger partial charge < -0.3 is 4.74 Å². The highest BCUT2D eigenvalue weighted by molar-refractivity contribution is 6.30. The first-order valence-corrected chi connectivity index (χ1v) is 13.5. The average Bonchev–Trinajstić information content (AvgIpc) is 3.10. The van der Waals surface area contributed by atoms with Crippen molar-refractivity contribution in [2.24, 2.45) is 29.1 Å². The van der Waals surface area contributed by atoms with Gasteiger partial charge in [0.15, 0.2) is 11.4 Å². The molecule has 0 saturated heterocycles. The molecule has 0 N–H and O–H groups in total. The molecule has 176 valence electrons. The summed E-state index contributed by atoms with van der Waals surface area (Å²) in [5.41, 5.74) is 0.579. The highest BCUT2D eigenvalue weighted by atomic mass is 35.5. The van der Waals surface area contributed by atoms with Gasteiger partial charge in [-0.1, -0.05) is 38.7 Å². The van der Waals surface area contributed by atoms with E-state index in [1.54, 1.807) is 0 Å². The molecule has 3 nitrogen and oxygen atoms in total. The summed E-state index contributed by atoms with van der Waals surface area (Å²) in [7, 11) is 0. The molecule has 4 heteroatoms. The van der Waals surface area contributed by atoms with Crippen molar-refractivity contribution in [1.29, 1.82) is 0 Å². The maximum atomic E-state index is 12.9. The van der Waals surface area contributed by atoms with E-state index >= 15 is 0 Å². The van der Waals surface area contributed by atoms with Crippen LogP contribution in [0.4, 0.5) is 0 Å². The maximum Gasteiger partial charge on any atom is 0.307 e. The van der Waals surface area contributed by atoms with E-state index in [1.807, 2.05) is 6.08 Å². The Balaban J connectivity index is 1.56. The smallest absolute Gasteiger partial charge is 0.307 e. The normalized spacial score (nSPS) is 38.0. The number of esters is 1. The molecule has 32 heavy (non-hydrogen) atoms. The van der Waals surface area contributed by atoms with Gasteiger partial charge in [0.05, 0.1) is 0 Å². The molecule has 4 aliphatic carbocycles. The summed E-state index contributed by atoms with van der Waals surface area (Å²) in [6, 6.07) is 0. The Morgan fingerprint density at radius 2 is 1.94 bits per heavy atom. The SMILES string of the molecule is CCCCCCC(=O)O[C@@]1(C#CCl)CC[C@H]2[C@@H]3CCC4=CC(=O)CC[C@@H]4[C@H]3CC[C@@]21CC. The fourth-order valence-electron chi connectivity index (χ4n) is 8.10. The Labute approximate surface area is 199 Å². The highest BCUT2D eigenvalue weighted by Crippen LogP contribution is 2.67. The summed E-state index contributed by atoms with van der Waals surface area (Å²) in [6.07, 6.45) is 15.7. The van der Waals surface area contributed by atoms with Gasteiger partial charge in [0.25, 0.3) is 0 Å². The number of ether oxygens (including phenoxy) is 1.